The van der Waals surface area contributed by atoms with E-state index in [0.29, 0.717) is 16.3 Å². The third-order valence-electron chi connectivity index (χ3n) is 4.35. The summed E-state index contributed by atoms with van der Waals surface area (Å²) in [6.45, 7) is 1.22. The molecule has 2 amide bonds. The zero-order valence-corrected chi connectivity index (χ0v) is 17.2. The van der Waals surface area contributed by atoms with Crippen LogP contribution in [0.2, 0.25) is 5.02 Å². The summed E-state index contributed by atoms with van der Waals surface area (Å²) in [4.78, 5) is 35.9. The van der Waals surface area contributed by atoms with Gasteiger partial charge in [-0.25, -0.2) is 9.18 Å². The molecule has 7 nitrogen and oxygen atoms in total. The Morgan fingerprint density at radius 2 is 1.80 bits per heavy atom. The topological polar surface area (TPSA) is 105 Å². The lowest BCUT2D eigenvalue weighted by atomic mass is 10.0. The molecule has 0 aliphatic rings. The third kappa shape index (κ3) is 6.45. The van der Waals surface area contributed by atoms with Crippen molar-refractivity contribution in [1.29, 1.82) is 0 Å². The molecule has 0 heterocycles. The number of benzene rings is 2. The minimum Gasteiger partial charge on any atom is -0.495 e. The van der Waals surface area contributed by atoms with Gasteiger partial charge in [0.25, 0.3) is 0 Å². The van der Waals surface area contributed by atoms with Gasteiger partial charge >= 0.3 is 5.97 Å². The monoisotopic (exact) mass is 436 g/mol. The molecule has 160 valence electrons. The minimum atomic E-state index is -1.28. The molecule has 0 fully saturated rings. The maximum absolute atomic E-state index is 14.0. The van der Waals surface area contributed by atoms with Crippen LogP contribution in [0.15, 0.2) is 42.5 Å². The summed E-state index contributed by atoms with van der Waals surface area (Å²) in [5.74, 6) is -2.58. The first-order valence-corrected chi connectivity index (χ1v) is 9.45. The standard InChI is InChI=1S/C21H22ClFN2O5/c1-12(26)24-17(11-14-5-3-4-6-16(14)23)20(27)25-18(21(28)29)10-13-7-8-19(30-2)15(22)9-13/h3-9,17-18H,10-11H2,1-2H3,(H,24,26)(H,25,27)(H,28,29)/t17-,18-/m0/s1. The number of carboxylic acid groups (broad SMARTS) is 1. The van der Waals surface area contributed by atoms with Crippen molar-refractivity contribution in [3.8, 4) is 5.75 Å². The van der Waals surface area contributed by atoms with Gasteiger partial charge in [0.2, 0.25) is 11.8 Å². The summed E-state index contributed by atoms with van der Waals surface area (Å²) in [7, 11) is 1.46. The highest BCUT2D eigenvalue weighted by molar-refractivity contribution is 6.32. The van der Waals surface area contributed by atoms with Crippen LogP contribution in [0.5, 0.6) is 5.75 Å². The lowest BCUT2D eigenvalue weighted by Crippen LogP contribution is -2.52. The molecular formula is C21H22ClFN2O5. The van der Waals surface area contributed by atoms with Crippen molar-refractivity contribution in [2.24, 2.45) is 0 Å². The second kappa shape index (κ2) is 10.6. The van der Waals surface area contributed by atoms with Gasteiger partial charge in [-0.15, -0.1) is 0 Å². The first-order chi connectivity index (χ1) is 14.2. The molecule has 0 aliphatic carbocycles. The van der Waals surface area contributed by atoms with Crippen LogP contribution in [0.4, 0.5) is 4.39 Å². The maximum Gasteiger partial charge on any atom is 0.326 e. The zero-order valence-electron chi connectivity index (χ0n) is 16.4. The Balaban J connectivity index is 2.17. The highest BCUT2D eigenvalue weighted by atomic mass is 35.5. The molecule has 2 atom stereocenters. The van der Waals surface area contributed by atoms with Crippen molar-refractivity contribution >= 4 is 29.4 Å². The third-order valence-corrected chi connectivity index (χ3v) is 4.64. The summed E-state index contributed by atoms with van der Waals surface area (Å²) >= 11 is 6.07. The van der Waals surface area contributed by atoms with Crippen molar-refractivity contribution < 1.29 is 28.6 Å². The quantitative estimate of drug-likeness (QED) is 0.559. The second-order valence-electron chi connectivity index (χ2n) is 6.62. The molecule has 2 rings (SSSR count). The number of carbonyl (C=O) groups is 3. The van der Waals surface area contributed by atoms with Gasteiger partial charge in [-0.1, -0.05) is 35.9 Å². The van der Waals surface area contributed by atoms with E-state index in [1.807, 2.05) is 0 Å². The number of hydrogen-bond donors (Lipinski definition) is 3. The fourth-order valence-corrected chi connectivity index (χ4v) is 3.16. The van der Waals surface area contributed by atoms with Gasteiger partial charge in [0, 0.05) is 19.8 Å². The zero-order chi connectivity index (χ0) is 22.3. The van der Waals surface area contributed by atoms with Crippen LogP contribution >= 0.6 is 11.6 Å². The molecule has 0 aliphatic heterocycles. The molecule has 3 N–H and O–H groups in total. The minimum absolute atomic E-state index is 0.0444. The Labute approximate surface area is 178 Å². The largest absolute Gasteiger partial charge is 0.495 e. The van der Waals surface area contributed by atoms with E-state index in [1.165, 1.54) is 32.2 Å². The molecule has 30 heavy (non-hydrogen) atoms. The summed E-state index contributed by atoms with van der Waals surface area (Å²) in [6, 6.07) is 8.21. The molecule has 2 aromatic carbocycles. The molecule has 0 saturated carbocycles. The predicted molar refractivity (Wildman–Crippen MR) is 109 cm³/mol. The Morgan fingerprint density at radius 1 is 1.10 bits per heavy atom. The smallest absolute Gasteiger partial charge is 0.326 e. The fraction of sp³-hybridized carbons (Fsp3) is 0.286. The van der Waals surface area contributed by atoms with E-state index >= 15 is 0 Å². The number of amides is 2. The van der Waals surface area contributed by atoms with E-state index in [2.05, 4.69) is 10.6 Å². The van der Waals surface area contributed by atoms with Crippen molar-refractivity contribution in [2.75, 3.05) is 7.11 Å². The highest BCUT2D eigenvalue weighted by Gasteiger charge is 2.27. The van der Waals surface area contributed by atoms with E-state index in [1.54, 1.807) is 24.3 Å². The van der Waals surface area contributed by atoms with Gasteiger partial charge in [-0.3, -0.25) is 9.59 Å². The SMILES string of the molecule is COc1ccc(C[C@H](NC(=O)[C@H](Cc2ccccc2F)NC(C)=O)C(=O)O)cc1Cl. The van der Waals surface area contributed by atoms with Crippen molar-refractivity contribution in [3.05, 3.63) is 64.4 Å². The van der Waals surface area contributed by atoms with E-state index in [-0.39, 0.29) is 18.4 Å². The molecule has 0 bridgehead atoms. The molecule has 0 spiro atoms. The number of aliphatic carboxylic acids is 1. The summed E-state index contributed by atoms with van der Waals surface area (Å²) in [5.41, 5.74) is 0.791. The van der Waals surface area contributed by atoms with Gasteiger partial charge in [0.1, 0.15) is 23.7 Å². The first-order valence-electron chi connectivity index (χ1n) is 9.07. The molecular weight excluding hydrogens is 415 g/mol. The molecule has 2 aromatic rings. The van der Waals surface area contributed by atoms with Crippen LogP contribution in [-0.2, 0) is 27.2 Å². The molecule has 0 aromatic heterocycles. The number of halogens is 2. The number of carboxylic acids is 1. The highest BCUT2D eigenvalue weighted by Crippen LogP contribution is 2.25. The van der Waals surface area contributed by atoms with Crippen LogP contribution in [-0.4, -0.2) is 42.1 Å². The van der Waals surface area contributed by atoms with E-state index in [0.717, 1.165) is 0 Å². The van der Waals surface area contributed by atoms with E-state index < -0.39 is 35.7 Å². The number of rotatable bonds is 9. The van der Waals surface area contributed by atoms with Crippen LogP contribution < -0.4 is 15.4 Å². The second-order valence-corrected chi connectivity index (χ2v) is 7.03. The van der Waals surface area contributed by atoms with Crippen molar-refractivity contribution in [3.63, 3.8) is 0 Å². The Hall–Kier alpha value is -3.13. The number of nitrogens with one attached hydrogen (secondary N) is 2. The Morgan fingerprint density at radius 3 is 2.37 bits per heavy atom. The number of methoxy groups -OCH3 is 1. The molecule has 9 heteroatoms. The van der Waals surface area contributed by atoms with Gasteiger partial charge in [0.15, 0.2) is 0 Å². The van der Waals surface area contributed by atoms with Crippen LogP contribution in [0.25, 0.3) is 0 Å². The van der Waals surface area contributed by atoms with Gasteiger partial charge in [0.05, 0.1) is 12.1 Å². The van der Waals surface area contributed by atoms with Crippen molar-refractivity contribution in [2.45, 2.75) is 31.8 Å². The van der Waals surface area contributed by atoms with Crippen molar-refractivity contribution in [1.82, 2.24) is 10.6 Å². The van der Waals surface area contributed by atoms with Crippen LogP contribution in [0.1, 0.15) is 18.1 Å². The average molecular weight is 437 g/mol. The number of carbonyl (C=O) groups excluding carboxylic acids is 2. The Bertz CT molecular complexity index is 937. The molecule has 0 unspecified atom stereocenters. The summed E-state index contributed by atoms with van der Waals surface area (Å²) < 4.78 is 19.0. The predicted octanol–water partition coefficient (Wildman–Crippen LogP) is 2.35. The van der Waals surface area contributed by atoms with Crippen LogP contribution in [0, 0.1) is 5.82 Å². The van der Waals surface area contributed by atoms with Gasteiger partial charge < -0.3 is 20.5 Å². The van der Waals surface area contributed by atoms with Crippen LogP contribution in [0.3, 0.4) is 0 Å². The summed E-state index contributed by atoms with van der Waals surface area (Å²) in [6.07, 6.45) is -0.171. The molecule has 0 saturated heterocycles. The molecule has 0 radical (unpaired) electrons. The van der Waals surface area contributed by atoms with Gasteiger partial charge in [-0.2, -0.15) is 0 Å². The normalized spacial score (nSPS) is 12.5. The Kier molecular flexibility index (Phi) is 8.17. The summed E-state index contributed by atoms with van der Waals surface area (Å²) in [5, 5.41) is 14.7. The number of hydrogen-bond acceptors (Lipinski definition) is 4. The fourth-order valence-electron chi connectivity index (χ4n) is 2.88. The van der Waals surface area contributed by atoms with E-state index in [9.17, 15) is 23.9 Å². The lowest BCUT2D eigenvalue weighted by molar-refractivity contribution is -0.142. The number of ether oxygens (including phenoxy) is 1. The van der Waals surface area contributed by atoms with E-state index in [4.69, 9.17) is 16.3 Å². The van der Waals surface area contributed by atoms with Gasteiger partial charge in [-0.05, 0) is 29.3 Å². The first kappa shape index (κ1) is 23.2. The lowest BCUT2D eigenvalue weighted by Gasteiger charge is -2.21. The maximum atomic E-state index is 14.0. The average Bonchev–Trinajstić information content (AvgIpc) is 2.68.